The van der Waals surface area contributed by atoms with Crippen LogP contribution in [0.1, 0.15) is 22.7 Å². The van der Waals surface area contributed by atoms with Crippen LogP contribution >= 0.6 is 12.4 Å². The molecule has 1 amide bonds. The summed E-state index contributed by atoms with van der Waals surface area (Å²) in [5.74, 6) is -0.577. The number of nitrogens with two attached hydrogens (primary N) is 1. The minimum atomic E-state index is -1.05. The van der Waals surface area contributed by atoms with Crippen LogP contribution in [-0.4, -0.2) is 26.0 Å². The van der Waals surface area contributed by atoms with Gasteiger partial charge in [-0.1, -0.05) is 30.3 Å². The number of carbonyl (C=O) groups excluding carboxylic acids is 1. The molecule has 0 radical (unpaired) electrons. The highest BCUT2D eigenvalue weighted by atomic mass is 35.5. The second-order valence-corrected chi connectivity index (χ2v) is 7.00. The van der Waals surface area contributed by atoms with Gasteiger partial charge in [0.15, 0.2) is 11.5 Å². The van der Waals surface area contributed by atoms with Crippen molar-refractivity contribution in [1.29, 1.82) is 5.41 Å². The molecule has 0 heterocycles. The number of rotatable bonds is 9. The number of nitrogens with one attached hydrogen (secondary N) is 3. The number of halogens is 2. The van der Waals surface area contributed by atoms with E-state index in [9.17, 15) is 9.18 Å². The fourth-order valence-electron chi connectivity index (χ4n) is 3.18. The molecule has 0 aliphatic rings. The predicted octanol–water partition coefficient (Wildman–Crippen LogP) is 4.02. The molecule has 0 saturated heterocycles. The molecule has 0 unspecified atom stereocenters. The van der Waals surface area contributed by atoms with Crippen molar-refractivity contribution in [2.24, 2.45) is 5.73 Å². The summed E-state index contributed by atoms with van der Waals surface area (Å²) in [4.78, 5) is 13.1. The van der Waals surface area contributed by atoms with Crippen molar-refractivity contribution in [3.63, 3.8) is 0 Å². The maximum atomic E-state index is 15.0. The zero-order valence-electron chi connectivity index (χ0n) is 18.2. The van der Waals surface area contributed by atoms with E-state index in [2.05, 4.69) is 10.6 Å². The fraction of sp³-hybridized carbons (Fsp3) is 0.167. The number of benzene rings is 3. The van der Waals surface area contributed by atoms with Crippen molar-refractivity contribution in [3.8, 4) is 11.5 Å². The Hall–Kier alpha value is -3.78. The standard InChI is InChI=1S/C24H25FN4O3.ClH/c1-31-20-12-18(19(25)13-21(20)32-2)22(24(30)28-14-15-6-4-3-5-7-15)29-17-10-8-16(9-11-17)23(26)27;/h3-13,22,29H,14H2,1-2H3,(H3,26,27)(H,28,30);1H/t22-;/m0./s1. The second kappa shape index (κ2) is 11.7. The van der Waals surface area contributed by atoms with Gasteiger partial charge in [-0.25, -0.2) is 4.39 Å². The molecule has 0 fully saturated rings. The third-order valence-corrected chi connectivity index (χ3v) is 4.89. The lowest BCUT2D eigenvalue weighted by Crippen LogP contribution is -2.33. The highest BCUT2D eigenvalue weighted by Gasteiger charge is 2.26. The summed E-state index contributed by atoms with van der Waals surface area (Å²) in [6.07, 6.45) is 0. The Morgan fingerprint density at radius 1 is 1.03 bits per heavy atom. The summed E-state index contributed by atoms with van der Waals surface area (Å²) in [5.41, 5.74) is 7.62. The summed E-state index contributed by atoms with van der Waals surface area (Å²) in [5, 5.41) is 13.4. The highest BCUT2D eigenvalue weighted by molar-refractivity contribution is 5.95. The number of carbonyl (C=O) groups is 1. The van der Waals surface area contributed by atoms with Gasteiger partial charge in [0.1, 0.15) is 17.7 Å². The number of hydrogen-bond acceptors (Lipinski definition) is 5. The molecule has 0 aliphatic carbocycles. The lowest BCUT2D eigenvalue weighted by atomic mass is 10.0. The van der Waals surface area contributed by atoms with Gasteiger partial charge in [-0.2, -0.15) is 0 Å². The van der Waals surface area contributed by atoms with Crippen LogP contribution < -0.4 is 25.8 Å². The first-order chi connectivity index (χ1) is 15.4. The SMILES string of the molecule is COc1cc(F)c([C@H](Nc2ccc(C(=N)N)cc2)C(=O)NCc2ccccc2)cc1OC.Cl. The van der Waals surface area contributed by atoms with Crippen LogP contribution in [0.3, 0.4) is 0 Å². The summed E-state index contributed by atoms with van der Waals surface area (Å²) in [6.45, 7) is 0.288. The van der Waals surface area contributed by atoms with Crippen molar-refractivity contribution < 1.29 is 18.7 Å². The van der Waals surface area contributed by atoms with E-state index in [1.54, 1.807) is 24.3 Å². The molecule has 9 heteroatoms. The summed E-state index contributed by atoms with van der Waals surface area (Å²) in [7, 11) is 2.85. The fourth-order valence-corrected chi connectivity index (χ4v) is 3.18. The van der Waals surface area contributed by atoms with E-state index in [4.69, 9.17) is 20.6 Å². The zero-order valence-corrected chi connectivity index (χ0v) is 19.0. The Morgan fingerprint density at radius 2 is 1.64 bits per heavy atom. The highest BCUT2D eigenvalue weighted by Crippen LogP contribution is 2.34. The maximum Gasteiger partial charge on any atom is 0.247 e. The van der Waals surface area contributed by atoms with Gasteiger partial charge in [-0.15, -0.1) is 12.4 Å². The third kappa shape index (κ3) is 6.36. The Kier molecular flexibility index (Phi) is 9.06. The van der Waals surface area contributed by atoms with Gasteiger partial charge < -0.3 is 25.8 Å². The van der Waals surface area contributed by atoms with E-state index in [0.717, 1.165) is 5.56 Å². The summed E-state index contributed by atoms with van der Waals surface area (Å²) >= 11 is 0. The molecule has 0 bridgehead atoms. The Morgan fingerprint density at radius 3 is 2.21 bits per heavy atom. The lowest BCUT2D eigenvalue weighted by Gasteiger charge is -2.22. The molecule has 3 aromatic carbocycles. The van der Waals surface area contributed by atoms with E-state index in [-0.39, 0.29) is 36.1 Å². The Bertz CT molecular complexity index is 1090. The van der Waals surface area contributed by atoms with Crippen molar-refractivity contribution >= 4 is 29.8 Å². The van der Waals surface area contributed by atoms with Crippen molar-refractivity contribution in [2.75, 3.05) is 19.5 Å². The van der Waals surface area contributed by atoms with Crippen LogP contribution in [0.15, 0.2) is 66.7 Å². The molecule has 0 saturated carbocycles. The van der Waals surface area contributed by atoms with E-state index in [1.165, 1.54) is 26.4 Å². The lowest BCUT2D eigenvalue weighted by molar-refractivity contribution is -0.122. The van der Waals surface area contributed by atoms with Crippen LogP contribution in [0, 0.1) is 11.2 Å². The number of amidine groups is 1. The first-order valence-corrected chi connectivity index (χ1v) is 9.87. The number of hydrogen-bond donors (Lipinski definition) is 4. The quantitative estimate of drug-likeness (QED) is 0.278. The minimum absolute atomic E-state index is 0. The van der Waals surface area contributed by atoms with Crippen molar-refractivity contribution in [3.05, 3.63) is 89.2 Å². The number of ether oxygens (including phenoxy) is 2. The van der Waals surface area contributed by atoms with Crippen molar-refractivity contribution in [1.82, 2.24) is 5.32 Å². The van der Waals surface area contributed by atoms with Gasteiger partial charge >= 0.3 is 0 Å². The van der Waals surface area contributed by atoms with Gasteiger partial charge in [-0.05, 0) is 35.9 Å². The maximum absolute atomic E-state index is 15.0. The second-order valence-electron chi connectivity index (χ2n) is 7.00. The smallest absolute Gasteiger partial charge is 0.247 e. The molecule has 0 aromatic heterocycles. The topological polar surface area (TPSA) is 109 Å². The zero-order chi connectivity index (χ0) is 23.1. The summed E-state index contributed by atoms with van der Waals surface area (Å²) < 4.78 is 25.4. The molecule has 3 rings (SSSR count). The monoisotopic (exact) mass is 472 g/mol. The Labute approximate surface area is 198 Å². The average Bonchev–Trinajstić information content (AvgIpc) is 2.82. The van der Waals surface area contributed by atoms with Gasteiger partial charge in [0, 0.05) is 29.4 Å². The molecule has 3 aromatic rings. The largest absolute Gasteiger partial charge is 0.493 e. The van der Waals surface area contributed by atoms with Gasteiger partial charge in [0.05, 0.1) is 14.2 Å². The number of anilines is 1. The molecule has 33 heavy (non-hydrogen) atoms. The molecule has 7 nitrogen and oxygen atoms in total. The van der Waals surface area contributed by atoms with E-state index >= 15 is 0 Å². The van der Waals surface area contributed by atoms with Crippen LogP contribution in [0.5, 0.6) is 11.5 Å². The first-order valence-electron chi connectivity index (χ1n) is 9.87. The van der Waals surface area contributed by atoms with Crippen molar-refractivity contribution in [2.45, 2.75) is 12.6 Å². The van der Waals surface area contributed by atoms with Gasteiger partial charge in [0.25, 0.3) is 0 Å². The normalized spacial score (nSPS) is 11.0. The Balaban J connectivity index is 0.00000385. The van der Waals surface area contributed by atoms with Gasteiger partial charge in [0.2, 0.25) is 5.91 Å². The molecule has 0 aliphatic heterocycles. The third-order valence-electron chi connectivity index (χ3n) is 4.89. The molecule has 5 N–H and O–H groups in total. The van der Waals surface area contributed by atoms with E-state index < -0.39 is 17.8 Å². The van der Waals surface area contributed by atoms with Gasteiger partial charge in [-0.3, -0.25) is 10.2 Å². The first kappa shape index (κ1) is 25.5. The molecule has 174 valence electrons. The minimum Gasteiger partial charge on any atom is -0.493 e. The van der Waals surface area contributed by atoms with Crippen LogP contribution in [-0.2, 0) is 11.3 Å². The molecular formula is C24H26ClFN4O3. The molecule has 1 atom stereocenters. The number of nitrogen functional groups attached to an aromatic ring is 1. The van der Waals surface area contributed by atoms with E-state index in [1.807, 2.05) is 30.3 Å². The summed E-state index contributed by atoms with van der Waals surface area (Å²) in [6, 6.07) is 17.6. The predicted molar refractivity (Wildman–Crippen MR) is 129 cm³/mol. The van der Waals surface area contributed by atoms with Crippen LogP contribution in [0.25, 0.3) is 0 Å². The van der Waals surface area contributed by atoms with E-state index in [0.29, 0.717) is 17.0 Å². The van der Waals surface area contributed by atoms with Crippen LogP contribution in [0.2, 0.25) is 0 Å². The number of amides is 1. The molecule has 0 spiro atoms. The average molecular weight is 473 g/mol. The number of methoxy groups -OCH3 is 2. The van der Waals surface area contributed by atoms with Crippen LogP contribution in [0.4, 0.5) is 10.1 Å². The molecular weight excluding hydrogens is 447 g/mol.